The lowest BCUT2D eigenvalue weighted by atomic mass is 10.2. The van der Waals surface area contributed by atoms with Gasteiger partial charge in [0.15, 0.2) is 15.6 Å². The number of carbonyl (C=O) groups is 2. The van der Waals surface area contributed by atoms with Crippen LogP contribution in [-0.4, -0.2) is 43.7 Å². The van der Waals surface area contributed by atoms with Crippen LogP contribution in [0.1, 0.15) is 33.8 Å². The van der Waals surface area contributed by atoms with Gasteiger partial charge in [0, 0.05) is 17.2 Å². The highest BCUT2D eigenvalue weighted by atomic mass is 32.2. The van der Waals surface area contributed by atoms with E-state index in [9.17, 15) is 18.0 Å². The van der Waals surface area contributed by atoms with Gasteiger partial charge in [0.05, 0.1) is 6.61 Å². The van der Waals surface area contributed by atoms with Gasteiger partial charge < -0.3 is 14.5 Å². The van der Waals surface area contributed by atoms with Crippen molar-refractivity contribution < 1.29 is 32.4 Å². The Balaban J connectivity index is 1.55. The lowest BCUT2D eigenvalue weighted by Gasteiger charge is -2.16. The molecule has 10 heteroatoms. The summed E-state index contributed by atoms with van der Waals surface area (Å²) in [6, 6.07) is 14.7. The van der Waals surface area contributed by atoms with Gasteiger partial charge in [0.1, 0.15) is 16.7 Å². The van der Waals surface area contributed by atoms with Gasteiger partial charge in [-0.2, -0.15) is 0 Å². The van der Waals surface area contributed by atoms with Gasteiger partial charge >= 0.3 is 0 Å². The Hall–Kier alpha value is -3.37. The third-order valence-corrected chi connectivity index (χ3v) is 5.94. The number of benzene rings is 2. The summed E-state index contributed by atoms with van der Waals surface area (Å²) < 4.78 is 35.3. The minimum Gasteiger partial charge on any atom is -0.494 e. The number of hydrogen-bond acceptors (Lipinski definition) is 7. The van der Waals surface area contributed by atoms with Gasteiger partial charge in [0.25, 0.3) is 11.8 Å². The van der Waals surface area contributed by atoms with E-state index in [2.05, 4.69) is 5.32 Å². The second-order valence-electron chi connectivity index (χ2n) is 6.90. The van der Waals surface area contributed by atoms with Gasteiger partial charge in [-0.15, -0.1) is 0 Å². The molecule has 31 heavy (non-hydrogen) atoms. The summed E-state index contributed by atoms with van der Waals surface area (Å²) in [6.07, 6.45) is 1.56. The fourth-order valence-corrected chi connectivity index (χ4v) is 3.85. The summed E-state index contributed by atoms with van der Waals surface area (Å²) in [7, 11) is -3.56. The standard InChI is InChI=1S/C21H22N2O7S/c1-31(27,28)19(22-21(25)18-13-15-5-2-3-6-17(15)30-18)7-4-12-29-16-10-8-14(9-11-16)20(24)23-26/h2-3,5-6,8-11,13,19,26H,4,7,12H2,1H3,(H,22,25)(H,23,24). The van der Waals surface area contributed by atoms with Gasteiger partial charge in [-0.05, 0) is 49.2 Å². The topological polar surface area (TPSA) is 135 Å². The Kier molecular flexibility index (Phi) is 6.93. The van der Waals surface area contributed by atoms with E-state index in [1.54, 1.807) is 36.4 Å². The van der Waals surface area contributed by atoms with Crippen molar-refractivity contribution in [1.29, 1.82) is 0 Å². The van der Waals surface area contributed by atoms with Crippen LogP contribution in [0.5, 0.6) is 5.75 Å². The maximum atomic E-state index is 12.5. The Morgan fingerprint density at radius 1 is 1.10 bits per heavy atom. The lowest BCUT2D eigenvalue weighted by molar-refractivity contribution is 0.0706. The third kappa shape index (κ3) is 5.83. The molecular weight excluding hydrogens is 424 g/mol. The fourth-order valence-electron chi connectivity index (χ4n) is 2.93. The average Bonchev–Trinajstić information content (AvgIpc) is 3.19. The molecule has 9 nitrogen and oxygen atoms in total. The molecule has 1 aromatic heterocycles. The van der Waals surface area contributed by atoms with E-state index in [1.165, 1.54) is 17.6 Å². The smallest absolute Gasteiger partial charge is 0.288 e. The Morgan fingerprint density at radius 2 is 1.81 bits per heavy atom. The van der Waals surface area contributed by atoms with E-state index >= 15 is 0 Å². The highest BCUT2D eigenvalue weighted by molar-refractivity contribution is 7.91. The summed E-state index contributed by atoms with van der Waals surface area (Å²) >= 11 is 0. The molecule has 0 aliphatic carbocycles. The van der Waals surface area contributed by atoms with Crippen molar-refractivity contribution in [3.05, 3.63) is 65.9 Å². The number of rotatable bonds is 9. The van der Waals surface area contributed by atoms with Crippen LogP contribution in [0.15, 0.2) is 59.0 Å². The number of sulfone groups is 1. The minimum atomic E-state index is -3.56. The molecule has 0 saturated carbocycles. The van der Waals surface area contributed by atoms with Gasteiger partial charge in [-0.25, -0.2) is 13.9 Å². The van der Waals surface area contributed by atoms with Crippen LogP contribution >= 0.6 is 0 Å². The van der Waals surface area contributed by atoms with Crippen molar-refractivity contribution in [3.63, 3.8) is 0 Å². The number of hydroxylamine groups is 1. The van der Waals surface area contributed by atoms with Crippen LogP contribution in [0.2, 0.25) is 0 Å². The molecule has 2 amide bonds. The van der Waals surface area contributed by atoms with E-state index in [1.807, 2.05) is 6.07 Å². The fraction of sp³-hybridized carbons (Fsp3) is 0.238. The highest BCUT2D eigenvalue weighted by Crippen LogP contribution is 2.19. The van der Waals surface area contributed by atoms with Crippen molar-refractivity contribution in [2.75, 3.05) is 12.9 Å². The first-order valence-electron chi connectivity index (χ1n) is 9.43. The second-order valence-corrected chi connectivity index (χ2v) is 9.12. The molecule has 1 heterocycles. The van der Waals surface area contributed by atoms with Crippen molar-refractivity contribution in [2.24, 2.45) is 0 Å². The van der Waals surface area contributed by atoms with Crippen LogP contribution in [0, 0.1) is 0 Å². The zero-order chi connectivity index (χ0) is 22.4. The van der Waals surface area contributed by atoms with Gasteiger partial charge in [-0.3, -0.25) is 14.8 Å². The molecular formula is C21H22N2O7S. The zero-order valence-corrected chi connectivity index (χ0v) is 17.5. The number of furan rings is 1. The predicted molar refractivity (Wildman–Crippen MR) is 113 cm³/mol. The van der Waals surface area contributed by atoms with E-state index < -0.39 is 27.0 Å². The molecule has 1 atom stereocenters. The molecule has 0 bridgehead atoms. The molecule has 3 rings (SSSR count). The Bertz CT molecular complexity index is 1140. The molecule has 1 unspecified atom stereocenters. The highest BCUT2D eigenvalue weighted by Gasteiger charge is 2.24. The number of ether oxygens (including phenoxy) is 1. The minimum absolute atomic E-state index is 0.0399. The van der Waals surface area contributed by atoms with E-state index in [-0.39, 0.29) is 24.4 Å². The molecule has 0 aliphatic heterocycles. The van der Waals surface area contributed by atoms with Crippen molar-refractivity contribution >= 4 is 32.6 Å². The van der Waals surface area contributed by atoms with Crippen LogP contribution in [0.25, 0.3) is 11.0 Å². The maximum Gasteiger partial charge on any atom is 0.288 e. The molecule has 3 N–H and O–H groups in total. The predicted octanol–water partition coefficient (Wildman–Crippen LogP) is 2.51. The van der Waals surface area contributed by atoms with E-state index in [0.717, 1.165) is 11.6 Å². The summed E-state index contributed by atoms with van der Waals surface area (Å²) in [5.41, 5.74) is 2.34. The first kappa shape index (κ1) is 22.3. The first-order valence-corrected chi connectivity index (χ1v) is 11.4. The average molecular weight is 446 g/mol. The molecule has 0 aliphatic rings. The third-order valence-electron chi connectivity index (χ3n) is 4.56. The summed E-state index contributed by atoms with van der Waals surface area (Å²) in [4.78, 5) is 23.8. The van der Waals surface area contributed by atoms with Crippen LogP contribution in [-0.2, 0) is 9.84 Å². The van der Waals surface area contributed by atoms with Gasteiger partial charge in [0.2, 0.25) is 0 Å². The number of nitrogens with one attached hydrogen (secondary N) is 2. The molecule has 0 spiro atoms. The summed E-state index contributed by atoms with van der Waals surface area (Å²) in [6.45, 7) is 0.206. The molecule has 3 aromatic rings. The number of hydrogen-bond donors (Lipinski definition) is 3. The normalized spacial score (nSPS) is 12.3. The Morgan fingerprint density at radius 3 is 2.45 bits per heavy atom. The van der Waals surface area contributed by atoms with Crippen LogP contribution < -0.4 is 15.5 Å². The maximum absolute atomic E-state index is 12.5. The quantitative estimate of drug-likeness (QED) is 0.261. The summed E-state index contributed by atoms with van der Waals surface area (Å²) in [5, 5.41) is 10.8. The molecule has 0 fully saturated rings. The molecule has 0 radical (unpaired) electrons. The lowest BCUT2D eigenvalue weighted by Crippen LogP contribution is -2.40. The van der Waals surface area contributed by atoms with Crippen LogP contribution in [0.4, 0.5) is 0 Å². The van der Waals surface area contributed by atoms with Crippen LogP contribution in [0.3, 0.4) is 0 Å². The molecule has 2 aromatic carbocycles. The SMILES string of the molecule is CS(=O)(=O)C(CCCOc1ccc(C(=O)NO)cc1)NC(=O)c1cc2ccccc2o1. The van der Waals surface area contributed by atoms with Gasteiger partial charge in [-0.1, -0.05) is 18.2 Å². The Labute approximate surface area is 178 Å². The van der Waals surface area contributed by atoms with Crippen molar-refractivity contribution in [3.8, 4) is 5.75 Å². The van der Waals surface area contributed by atoms with E-state index in [4.69, 9.17) is 14.4 Å². The number of carbonyl (C=O) groups excluding carboxylic acids is 2. The second kappa shape index (κ2) is 9.63. The monoisotopic (exact) mass is 446 g/mol. The number of amides is 2. The summed E-state index contributed by atoms with van der Waals surface area (Å²) in [5.74, 6) is -0.720. The molecule has 164 valence electrons. The largest absolute Gasteiger partial charge is 0.494 e. The first-order chi connectivity index (χ1) is 14.8. The van der Waals surface area contributed by atoms with Crippen molar-refractivity contribution in [1.82, 2.24) is 10.8 Å². The number of fused-ring (bicyclic) bond motifs is 1. The van der Waals surface area contributed by atoms with E-state index in [0.29, 0.717) is 17.8 Å². The van der Waals surface area contributed by atoms with Crippen molar-refractivity contribution in [2.45, 2.75) is 18.2 Å². The zero-order valence-electron chi connectivity index (χ0n) is 16.7. The number of para-hydroxylation sites is 1. The molecule has 0 saturated heterocycles.